The molecule has 0 bridgehead atoms. The number of ketones is 1. The van der Waals surface area contributed by atoms with E-state index >= 15 is 0 Å². The van der Waals surface area contributed by atoms with Crippen molar-refractivity contribution in [3.63, 3.8) is 0 Å². The standard InChI is InChI=1S/C24H25N3O2/c1-15-5-9-18(10-6-15)25-23(29)17-7-11-19(12-8-17)27-20-13-24(3,4)14-21(28)22(20)16(2)26-27/h5-12H,13-14H2,1-4H3,(H,25,29). The first kappa shape index (κ1) is 19.1. The van der Waals surface area contributed by atoms with Crippen molar-refractivity contribution in [3.05, 3.63) is 76.6 Å². The molecule has 0 saturated heterocycles. The van der Waals surface area contributed by atoms with Gasteiger partial charge in [0, 0.05) is 17.7 Å². The predicted octanol–water partition coefficient (Wildman–Crippen LogP) is 4.90. The average molecular weight is 387 g/mol. The molecule has 29 heavy (non-hydrogen) atoms. The van der Waals surface area contributed by atoms with Crippen molar-refractivity contribution in [2.75, 3.05) is 5.32 Å². The van der Waals surface area contributed by atoms with Gasteiger partial charge in [-0.3, -0.25) is 9.59 Å². The first-order valence-corrected chi connectivity index (χ1v) is 9.84. The number of hydrogen-bond donors (Lipinski definition) is 1. The van der Waals surface area contributed by atoms with Crippen molar-refractivity contribution in [2.24, 2.45) is 5.41 Å². The molecular weight excluding hydrogens is 362 g/mol. The van der Waals surface area contributed by atoms with Crippen LogP contribution in [0.5, 0.6) is 0 Å². The molecule has 0 atom stereocenters. The van der Waals surface area contributed by atoms with Crippen LogP contribution in [-0.4, -0.2) is 21.5 Å². The summed E-state index contributed by atoms with van der Waals surface area (Å²) in [5.74, 6) is 0.00415. The second-order valence-corrected chi connectivity index (χ2v) is 8.63. The number of Topliss-reactive ketones (excluding diaryl/α,β-unsaturated/α-hetero) is 1. The summed E-state index contributed by atoms with van der Waals surface area (Å²) in [6.07, 6.45) is 1.34. The van der Waals surface area contributed by atoms with Gasteiger partial charge in [-0.05, 0) is 62.1 Å². The average Bonchev–Trinajstić information content (AvgIpc) is 2.99. The SMILES string of the molecule is Cc1ccc(NC(=O)c2ccc(-n3nc(C)c4c3CC(C)(C)CC4=O)cc2)cc1. The van der Waals surface area contributed by atoms with Crippen LogP contribution >= 0.6 is 0 Å². The topological polar surface area (TPSA) is 64.0 Å². The Morgan fingerprint density at radius 1 is 1.00 bits per heavy atom. The fourth-order valence-electron chi connectivity index (χ4n) is 3.95. The number of carbonyl (C=O) groups is 2. The summed E-state index contributed by atoms with van der Waals surface area (Å²) in [6, 6.07) is 15.0. The Kier molecular flexibility index (Phi) is 4.61. The number of aryl methyl sites for hydroxylation is 2. The molecule has 0 fully saturated rings. The Hall–Kier alpha value is -3.21. The van der Waals surface area contributed by atoms with E-state index in [1.807, 2.05) is 54.9 Å². The van der Waals surface area contributed by atoms with Crippen LogP contribution < -0.4 is 5.32 Å². The van der Waals surface area contributed by atoms with E-state index in [9.17, 15) is 9.59 Å². The third kappa shape index (κ3) is 3.73. The van der Waals surface area contributed by atoms with Crippen LogP contribution in [0.3, 0.4) is 0 Å². The van der Waals surface area contributed by atoms with E-state index in [4.69, 9.17) is 0 Å². The van der Waals surface area contributed by atoms with Gasteiger partial charge in [-0.2, -0.15) is 5.10 Å². The highest BCUT2D eigenvalue weighted by atomic mass is 16.1. The number of hydrogen-bond acceptors (Lipinski definition) is 3. The molecule has 1 N–H and O–H groups in total. The number of nitrogens with one attached hydrogen (secondary N) is 1. The minimum Gasteiger partial charge on any atom is -0.322 e. The molecule has 1 aliphatic carbocycles. The minimum absolute atomic E-state index is 0.0812. The van der Waals surface area contributed by atoms with E-state index in [1.54, 1.807) is 12.1 Å². The Labute approximate surface area is 170 Å². The molecule has 0 saturated carbocycles. The maximum absolute atomic E-state index is 12.6. The van der Waals surface area contributed by atoms with E-state index in [2.05, 4.69) is 24.3 Å². The van der Waals surface area contributed by atoms with Crippen LogP contribution in [0.4, 0.5) is 5.69 Å². The van der Waals surface area contributed by atoms with Gasteiger partial charge in [0.15, 0.2) is 5.78 Å². The normalized spacial score (nSPS) is 15.1. The van der Waals surface area contributed by atoms with Gasteiger partial charge in [0.2, 0.25) is 0 Å². The third-order valence-electron chi connectivity index (χ3n) is 5.40. The van der Waals surface area contributed by atoms with Gasteiger partial charge in [-0.15, -0.1) is 0 Å². The van der Waals surface area contributed by atoms with Crippen molar-refractivity contribution >= 4 is 17.4 Å². The molecule has 2 aromatic carbocycles. The van der Waals surface area contributed by atoms with Gasteiger partial charge in [-0.1, -0.05) is 31.5 Å². The molecular formula is C24H25N3O2. The van der Waals surface area contributed by atoms with Gasteiger partial charge in [-0.25, -0.2) is 4.68 Å². The minimum atomic E-state index is -0.157. The van der Waals surface area contributed by atoms with Crippen LogP contribution in [-0.2, 0) is 6.42 Å². The summed E-state index contributed by atoms with van der Waals surface area (Å²) in [7, 11) is 0. The van der Waals surface area contributed by atoms with Gasteiger partial charge in [0.05, 0.1) is 22.6 Å². The molecule has 148 valence electrons. The molecule has 1 heterocycles. The third-order valence-corrected chi connectivity index (χ3v) is 5.40. The molecule has 0 aliphatic heterocycles. The van der Waals surface area contributed by atoms with Crippen LogP contribution in [0.25, 0.3) is 5.69 Å². The van der Waals surface area contributed by atoms with Gasteiger partial charge in [0.1, 0.15) is 0 Å². The lowest BCUT2D eigenvalue weighted by Crippen LogP contribution is -2.28. The van der Waals surface area contributed by atoms with Crippen molar-refractivity contribution in [1.82, 2.24) is 9.78 Å². The second-order valence-electron chi connectivity index (χ2n) is 8.63. The van der Waals surface area contributed by atoms with E-state index in [1.165, 1.54) is 0 Å². The molecule has 0 spiro atoms. The van der Waals surface area contributed by atoms with Gasteiger partial charge < -0.3 is 5.32 Å². The van der Waals surface area contributed by atoms with Crippen molar-refractivity contribution in [3.8, 4) is 5.69 Å². The number of nitrogens with zero attached hydrogens (tertiary/aromatic N) is 2. The summed E-state index contributed by atoms with van der Waals surface area (Å²) >= 11 is 0. The highest BCUT2D eigenvalue weighted by Gasteiger charge is 2.35. The summed E-state index contributed by atoms with van der Waals surface area (Å²) < 4.78 is 1.85. The molecule has 1 aliphatic rings. The van der Waals surface area contributed by atoms with Crippen molar-refractivity contribution in [1.29, 1.82) is 0 Å². The molecule has 1 amide bonds. The summed E-state index contributed by atoms with van der Waals surface area (Å²) in [5.41, 5.74) is 5.74. The summed E-state index contributed by atoms with van der Waals surface area (Å²) in [6.45, 7) is 8.11. The number of amides is 1. The van der Waals surface area contributed by atoms with Crippen molar-refractivity contribution in [2.45, 2.75) is 40.5 Å². The molecule has 1 aromatic heterocycles. The highest BCUT2D eigenvalue weighted by Crippen LogP contribution is 2.36. The number of carbonyl (C=O) groups excluding carboxylic acids is 2. The van der Waals surface area contributed by atoms with E-state index in [0.717, 1.165) is 40.3 Å². The van der Waals surface area contributed by atoms with E-state index < -0.39 is 0 Å². The zero-order chi connectivity index (χ0) is 20.8. The summed E-state index contributed by atoms with van der Waals surface area (Å²) in [5, 5.41) is 7.53. The lowest BCUT2D eigenvalue weighted by Gasteiger charge is -2.29. The Morgan fingerprint density at radius 2 is 1.66 bits per heavy atom. The smallest absolute Gasteiger partial charge is 0.255 e. The van der Waals surface area contributed by atoms with Crippen molar-refractivity contribution < 1.29 is 9.59 Å². The molecule has 5 heteroatoms. The molecule has 0 unspecified atom stereocenters. The Bertz CT molecular complexity index is 1090. The van der Waals surface area contributed by atoms with E-state index in [0.29, 0.717) is 12.0 Å². The molecule has 0 radical (unpaired) electrons. The zero-order valence-electron chi connectivity index (χ0n) is 17.2. The number of benzene rings is 2. The fraction of sp³-hybridized carbons (Fsp3) is 0.292. The molecule has 4 rings (SSSR count). The molecule has 3 aromatic rings. The number of anilines is 1. The quantitative estimate of drug-likeness (QED) is 0.695. The van der Waals surface area contributed by atoms with Gasteiger partial charge in [0.25, 0.3) is 5.91 Å². The second kappa shape index (κ2) is 6.99. The first-order valence-electron chi connectivity index (χ1n) is 9.84. The van der Waals surface area contributed by atoms with Gasteiger partial charge >= 0.3 is 0 Å². The Balaban J connectivity index is 1.60. The predicted molar refractivity (Wildman–Crippen MR) is 114 cm³/mol. The number of rotatable bonds is 3. The molecule has 5 nitrogen and oxygen atoms in total. The van der Waals surface area contributed by atoms with E-state index in [-0.39, 0.29) is 17.1 Å². The van der Waals surface area contributed by atoms with Crippen LogP contribution in [0.1, 0.15) is 57.9 Å². The van der Waals surface area contributed by atoms with Crippen LogP contribution in [0, 0.1) is 19.3 Å². The number of fused-ring (bicyclic) bond motifs is 1. The maximum Gasteiger partial charge on any atom is 0.255 e. The Morgan fingerprint density at radius 3 is 2.31 bits per heavy atom. The maximum atomic E-state index is 12.6. The van der Waals surface area contributed by atoms with Crippen LogP contribution in [0.2, 0.25) is 0 Å². The highest BCUT2D eigenvalue weighted by molar-refractivity contribution is 6.04. The monoisotopic (exact) mass is 387 g/mol. The number of aromatic nitrogens is 2. The zero-order valence-corrected chi connectivity index (χ0v) is 17.2. The van der Waals surface area contributed by atoms with Crippen LogP contribution in [0.15, 0.2) is 48.5 Å². The fourth-order valence-corrected chi connectivity index (χ4v) is 3.95. The lowest BCUT2D eigenvalue weighted by atomic mass is 9.75. The summed E-state index contributed by atoms with van der Waals surface area (Å²) in [4.78, 5) is 25.1. The first-order chi connectivity index (χ1) is 13.7. The lowest BCUT2D eigenvalue weighted by molar-refractivity contribution is 0.0909. The largest absolute Gasteiger partial charge is 0.322 e.